The van der Waals surface area contributed by atoms with Crippen molar-refractivity contribution in [1.29, 1.82) is 0 Å². The molecule has 0 saturated carbocycles. The van der Waals surface area contributed by atoms with Crippen LogP contribution in [0.2, 0.25) is 0 Å². The fourth-order valence-corrected chi connectivity index (χ4v) is 2.51. The number of aromatic nitrogens is 2. The largest absolute Gasteiger partial charge is 0.343 e. The highest BCUT2D eigenvalue weighted by atomic mass is 32.1. The van der Waals surface area contributed by atoms with Crippen molar-refractivity contribution in [2.75, 3.05) is 14.1 Å². The Labute approximate surface area is 120 Å². The Bertz CT molecular complexity index is 631. The summed E-state index contributed by atoms with van der Waals surface area (Å²) in [5.74, 6) is 4.65. The first-order valence-electron chi connectivity index (χ1n) is 5.85. The van der Waals surface area contributed by atoms with Crippen molar-refractivity contribution in [1.82, 2.24) is 20.1 Å². The summed E-state index contributed by atoms with van der Waals surface area (Å²) in [6.45, 7) is 0.410. The lowest BCUT2D eigenvalue weighted by Crippen LogP contribution is -2.30. The maximum Gasteiger partial charge on any atom is 0.275 e. The Kier molecular flexibility index (Phi) is 4.16. The maximum atomic E-state index is 11.8. The topological polar surface area (TPSA) is 93.2 Å². The van der Waals surface area contributed by atoms with Crippen LogP contribution in [0.1, 0.15) is 25.7 Å². The van der Waals surface area contributed by atoms with Gasteiger partial charge in [-0.1, -0.05) is 0 Å². The predicted octanol–water partition coefficient (Wildman–Crippen LogP) is 0.298. The van der Waals surface area contributed by atoms with Crippen molar-refractivity contribution in [2.24, 2.45) is 5.84 Å². The number of hydrogen-bond donors (Lipinski definition) is 2. The van der Waals surface area contributed by atoms with E-state index in [1.165, 1.54) is 16.2 Å². The molecule has 0 atom stereocenters. The molecule has 7 nitrogen and oxygen atoms in total. The van der Waals surface area contributed by atoms with Crippen molar-refractivity contribution >= 4 is 23.2 Å². The van der Waals surface area contributed by atoms with Crippen LogP contribution in [-0.4, -0.2) is 40.6 Å². The SMILES string of the molecule is CN(C)C(=O)c1ccn(Cc2ccsc2C(=O)NN)n1. The third kappa shape index (κ3) is 2.86. The van der Waals surface area contributed by atoms with Crippen molar-refractivity contribution in [2.45, 2.75) is 6.54 Å². The number of rotatable bonds is 4. The molecule has 2 aromatic heterocycles. The van der Waals surface area contributed by atoms with Crippen LogP contribution >= 0.6 is 11.3 Å². The number of carbonyl (C=O) groups is 2. The molecule has 0 bridgehead atoms. The molecule has 20 heavy (non-hydrogen) atoms. The fourth-order valence-electron chi connectivity index (χ4n) is 1.69. The van der Waals surface area contributed by atoms with Crippen molar-refractivity contribution in [3.8, 4) is 0 Å². The van der Waals surface area contributed by atoms with Gasteiger partial charge in [-0.05, 0) is 23.1 Å². The minimum absolute atomic E-state index is 0.158. The highest BCUT2D eigenvalue weighted by molar-refractivity contribution is 7.12. The van der Waals surface area contributed by atoms with Gasteiger partial charge in [0.15, 0.2) is 0 Å². The Balaban J connectivity index is 2.17. The molecule has 2 aromatic rings. The van der Waals surface area contributed by atoms with Gasteiger partial charge in [-0.2, -0.15) is 5.10 Å². The molecule has 2 amide bonds. The van der Waals surface area contributed by atoms with E-state index < -0.39 is 0 Å². The van der Waals surface area contributed by atoms with Gasteiger partial charge in [-0.15, -0.1) is 11.3 Å². The number of nitrogen functional groups attached to an aromatic ring is 1. The summed E-state index contributed by atoms with van der Waals surface area (Å²) in [5.41, 5.74) is 3.29. The number of nitrogens with zero attached hydrogens (tertiary/aromatic N) is 3. The molecule has 0 aliphatic carbocycles. The van der Waals surface area contributed by atoms with Gasteiger partial charge in [0.1, 0.15) is 5.69 Å². The lowest BCUT2D eigenvalue weighted by molar-refractivity contribution is 0.0820. The standard InChI is InChI=1S/C12H15N5O2S/c1-16(2)12(19)9-3-5-17(15-9)7-8-4-6-20-10(8)11(18)14-13/h3-6H,7,13H2,1-2H3,(H,14,18). The van der Waals surface area contributed by atoms with Crippen LogP contribution < -0.4 is 11.3 Å². The molecular formula is C12H15N5O2S. The second-order valence-corrected chi connectivity index (χ2v) is 5.26. The summed E-state index contributed by atoms with van der Waals surface area (Å²) in [6, 6.07) is 3.49. The highest BCUT2D eigenvalue weighted by Gasteiger charge is 2.15. The molecule has 0 aliphatic rings. The summed E-state index contributed by atoms with van der Waals surface area (Å²) in [5, 5.41) is 6.01. The molecule has 0 radical (unpaired) electrons. The van der Waals surface area contributed by atoms with E-state index in [4.69, 9.17) is 5.84 Å². The molecular weight excluding hydrogens is 278 g/mol. The zero-order valence-electron chi connectivity index (χ0n) is 11.2. The zero-order valence-corrected chi connectivity index (χ0v) is 12.0. The second-order valence-electron chi connectivity index (χ2n) is 4.35. The van der Waals surface area contributed by atoms with E-state index in [0.29, 0.717) is 17.1 Å². The van der Waals surface area contributed by atoms with Gasteiger partial charge < -0.3 is 4.90 Å². The smallest absolute Gasteiger partial charge is 0.275 e. The number of hydrazine groups is 1. The number of amides is 2. The summed E-state index contributed by atoms with van der Waals surface area (Å²) in [7, 11) is 3.34. The Morgan fingerprint density at radius 2 is 2.20 bits per heavy atom. The van der Waals surface area contributed by atoms with Crippen LogP contribution in [-0.2, 0) is 6.54 Å². The van der Waals surface area contributed by atoms with E-state index in [1.54, 1.807) is 31.0 Å². The first-order valence-corrected chi connectivity index (χ1v) is 6.73. The number of hydrogen-bond acceptors (Lipinski definition) is 5. The molecule has 0 aliphatic heterocycles. The number of nitrogens with two attached hydrogens (primary N) is 1. The molecule has 0 spiro atoms. The molecule has 0 saturated heterocycles. The summed E-state index contributed by atoms with van der Waals surface area (Å²) >= 11 is 1.31. The first-order chi connectivity index (χ1) is 9.52. The lowest BCUT2D eigenvalue weighted by atomic mass is 10.2. The number of nitrogens with one attached hydrogen (secondary N) is 1. The monoisotopic (exact) mass is 293 g/mol. The van der Waals surface area contributed by atoms with E-state index in [2.05, 4.69) is 10.5 Å². The van der Waals surface area contributed by atoms with Gasteiger partial charge in [0.2, 0.25) is 0 Å². The average molecular weight is 293 g/mol. The summed E-state index contributed by atoms with van der Waals surface area (Å²) < 4.78 is 1.62. The van der Waals surface area contributed by atoms with Crippen LogP contribution in [0.4, 0.5) is 0 Å². The summed E-state index contributed by atoms with van der Waals surface area (Å²) in [4.78, 5) is 25.3. The van der Waals surface area contributed by atoms with Gasteiger partial charge in [-0.3, -0.25) is 19.7 Å². The average Bonchev–Trinajstić information content (AvgIpc) is 3.06. The molecule has 0 fully saturated rings. The minimum Gasteiger partial charge on any atom is -0.343 e. The number of carbonyl (C=O) groups excluding carboxylic acids is 2. The van der Waals surface area contributed by atoms with Gasteiger partial charge >= 0.3 is 0 Å². The summed E-state index contributed by atoms with van der Waals surface area (Å²) in [6.07, 6.45) is 1.71. The van der Waals surface area contributed by atoms with Crippen LogP contribution in [0.3, 0.4) is 0 Å². The fraction of sp³-hybridized carbons (Fsp3) is 0.250. The van der Waals surface area contributed by atoms with Gasteiger partial charge in [0.05, 0.1) is 11.4 Å². The highest BCUT2D eigenvalue weighted by Crippen LogP contribution is 2.17. The van der Waals surface area contributed by atoms with E-state index >= 15 is 0 Å². The third-order valence-electron chi connectivity index (χ3n) is 2.68. The maximum absolute atomic E-state index is 11.8. The molecule has 106 valence electrons. The predicted molar refractivity (Wildman–Crippen MR) is 75.3 cm³/mol. The van der Waals surface area contributed by atoms with Crippen LogP contribution in [0.25, 0.3) is 0 Å². The lowest BCUT2D eigenvalue weighted by Gasteiger charge is -2.07. The third-order valence-corrected chi connectivity index (χ3v) is 3.64. The zero-order chi connectivity index (χ0) is 14.7. The molecule has 0 unspecified atom stereocenters. The van der Waals surface area contributed by atoms with E-state index in [9.17, 15) is 9.59 Å². The molecule has 2 heterocycles. The normalized spacial score (nSPS) is 10.3. The van der Waals surface area contributed by atoms with E-state index in [0.717, 1.165) is 5.56 Å². The van der Waals surface area contributed by atoms with E-state index in [-0.39, 0.29) is 11.8 Å². The van der Waals surface area contributed by atoms with Gasteiger partial charge in [0.25, 0.3) is 11.8 Å². The molecule has 0 aromatic carbocycles. The van der Waals surface area contributed by atoms with E-state index in [1.807, 2.05) is 11.4 Å². The molecule has 8 heteroatoms. The molecule has 3 N–H and O–H groups in total. The molecule has 2 rings (SSSR count). The van der Waals surface area contributed by atoms with Crippen molar-refractivity contribution < 1.29 is 9.59 Å². The van der Waals surface area contributed by atoms with Crippen molar-refractivity contribution in [3.63, 3.8) is 0 Å². The Hall–Kier alpha value is -2.19. The van der Waals surface area contributed by atoms with Crippen LogP contribution in [0, 0.1) is 0 Å². The Morgan fingerprint density at radius 3 is 2.85 bits per heavy atom. The van der Waals surface area contributed by atoms with Crippen LogP contribution in [0.5, 0.6) is 0 Å². The first kappa shape index (κ1) is 14.2. The second kappa shape index (κ2) is 5.85. The Morgan fingerprint density at radius 1 is 1.45 bits per heavy atom. The number of thiophene rings is 1. The minimum atomic E-state index is -0.327. The van der Waals surface area contributed by atoms with Gasteiger partial charge in [0, 0.05) is 20.3 Å². The van der Waals surface area contributed by atoms with Gasteiger partial charge in [-0.25, -0.2) is 5.84 Å². The van der Waals surface area contributed by atoms with Crippen LogP contribution in [0.15, 0.2) is 23.7 Å². The van der Waals surface area contributed by atoms with Crippen molar-refractivity contribution in [3.05, 3.63) is 39.8 Å². The quantitative estimate of drug-likeness (QED) is 0.481.